The van der Waals surface area contributed by atoms with Crippen molar-refractivity contribution in [1.29, 1.82) is 0 Å². The summed E-state index contributed by atoms with van der Waals surface area (Å²) in [5, 5.41) is 0. The van der Waals surface area contributed by atoms with Gasteiger partial charge in [-0.3, -0.25) is 0 Å². The Kier molecular flexibility index (Phi) is 3.93. The lowest BCUT2D eigenvalue weighted by molar-refractivity contribution is 0.795. The highest BCUT2D eigenvalue weighted by Crippen LogP contribution is 2.28. The van der Waals surface area contributed by atoms with Crippen molar-refractivity contribution in [3.63, 3.8) is 0 Å². The Balaban J connectivity index is 2.00. The third-order valence-electron chi connectivity index (χ3n) is 3.82. The Hall–Kier alpha value is -0.810. The van der Waals surface area contributed by atoms with E-state index in [1.54, 1.807) is 0 Å². The van der Waals surface area contributed by atoms with Gasteiger partial charge in [-0.1, -0.05) is 12.2 Å². The number of hydrogen-bond acceptors (Lipinski definition) is 4. The minimum Gasteiger partial charge on any atom is -0.389 e. The maximum atomic E-state index is 5.91. The average molecular weight is 293 g/mol. The highest BCUT2D eigenvalue weighted by molar-refractivity contribution is 7.99. The Bertz CT molecular complexity index is 494. The van der Waals surface area contributed by atoms with E-state index in [4.69, 9.17) is 22.9 Å². The van der Waals surface area contributed by atoms with Crippen LogP contribution in [0.25, 0.3) is 0 Å². The molecule has 0 aromatic carbocycles. The molecule has 1 saturated heterocycles. The van der Waals surface area contributed by atoms with Gasteiger partial charge < -0.3 is 10.6 Å². The molecule has 1 aromatic rings. The van der Waals surface area contributed by atoms with Gasteiger partial charge in [0.1, 0.15) is 10.8 Å². The number of aryl methyl sites for hydroxylation is 2. The van der Waals surface area contributed by atoms with Gasteiger partial charge in [-0.15, -0.1) is 0 Å². The Morgan fingerprint density at radius 2 is 2.16 bits per heavy atom. The molecule has 1 aliphatic carbocycles. The average Bonchev–Trinajstić information content (AvgIpc) is 2.69. The fraction of sp³-hybridized carbons (Fsp3) is 0.571. The van der Waals surface area contributed by atoms with Crippen LogP contribution in [-0.4, -0.2) is 34.6 Å². The SMILES string of the molecule is NC(=S)c1cc2c(nc1N1CCCSCC1)CCC2. The van der Waals surface area contributed by atoms with Crippen molar-refractivity contribution >= 4 is 34.8 Å². The van der Waals surface area contributed by atoms with Gasteiger partial charge in [0, 0.05) is 24.5 Å². The second-order valence-corrected chi connectivity index (χ2v) is 6.80. The summed E-state index contributed by atoms with van der Waals surface area (Å²) < 4.78 is 0. The van der Waals surface area contributed by atoms with Crippen molar-refractivity contribution in [2.75, 3.05) is 29.5 Å². The van der Waals surface area contributed by atoms with Crippen molar-refractivity contribution in [3.05, 3.63) is 22.9 Å². The molecule has 2 heterocycles. The number of anilines is 1. The van der Waals surface area contributed by atoms with Crippen molar-refractivity contribution in [3.8, 4) is 0 Å². The molecule has 3 rings (SSSR count). The van der Waals surface area contributed by atoms with Crippen molar-refractivity contribution in [2.24, 2.45) is 5.73 Å². The smallest absolute Gasteiger partial charge is 0.139 e. The topological polar surface area (TPSA) is 42.1 Å². The van der Waals surface area contributed by atoms with E-state index < -0.39 is 0 Å². The minimum atomic E-state index is 0.481. The first-order chi connectivity index (χ1) is 9.25. The van der Waals surface area contributed by atoms with Crippen LogP contribution in [0.2, 0.25) is 0 Å². The zero-order chi connectivity index (χ0) is 13.2. The first-order valence-electron chi connectivity index (χ1n) is 6.91. The molecular formula is C14H19N3S2. The largest absolute Gasteiger partial charge is 0.389 e. The second-order valence-electron chi connectivity index (χ2n) is 5.14. The predicted octanol–water partition coefficient (Wildman–Crippen LogP) is 2.15. The molecule has 5 heteroatoms. The second kappa shape index (κ2) is 5.67. The van der Waals surface area contributed by atoms with E-state index in [9.17, 15) is 0 Å². The number of nitrogens with two attached hydrogens (primary N) is 1. The molecule has 0 saturated carbocycles. The third-order valence-corrected chi connectivity index (χ3v) is 5.09. The van der Waals surface area contributed by atoms with E-state index in [2.05, 4.69) is 11.0 Å². The monoisotopic (exact) mass is 293 g/mol. The molecule has 1 fully saturated rings. The van der Waals surface area contributed by atoms with Crippen molar-refractivity contribution in [1.82, 2.24) is 4.98 Å². The quantitative estimate of drug-likeness (QED) is 0.846. The lowest BCUT2D eigenvalue weighted by Gasteiger charge is -2.24. The van der Waals surface area contributed by atoms with Crippen LogP contribution in [0.5, 0.6) is 0 Å². The Morgan fingerprint density at radius 1 is 1.26 bits per heavy atom. The number of nitrogens with zero attached hydrogens (tertiary/aromatic N) is 2. The van der Waals surface area contributed by atoms with Crippen molar-refractivity contribution < 1.29 is 0 Å². The standard InChI is InChI=1S/C14H19N3S2/c15-13(18)11-9-10-3-1-4-12(10)16-14(11)17-5-2-7-19-8-6-17/h9H,1-8H2,(H2,15,18). The van der Waals surface area contributed by atoms with Gasteiger partial charge in [0.2, 0.25) is 0 Å². The fourth-order valence-electron chi connectivity index (χ4n) is 2.84. The first kappa shape index (κ1) is 13.2. The zero-order valence-corrected chi connectivity index (χ0v) is 12.7. The summed E-state index contributed by atoms with van der Waals surface area (Å²) in [6, 6.07) is 2.19. The van der Waals surface area contributed by atoms with E-state index in [0.29, 0.717) is 4.99 Å². The summed E-state index contributed by atoms with van der Waals surface area (Å²) in [5.41, 5.74) is 9.49. The summed E-state index contributed by atoms with van der Waals surface area (Å²) in [7, 11) is 0. The molecule has 0 spiro atoms. The third kappa shape index (κ3) is 2.72. The van der Waals surface area contributed by atoms with E-state index in [1.807, 2.05) is 11.8 Å². The number of fused-ring (bicyclic) bond motifs is 1. The zero-order valence-electron chi connectivity index (χ0n) is 11.0. The lowest BCUT2D eigenvalue weighted by Crippen LogP contribution is -2.29. The normalized spacial score (nSPS) is 19.1. The molecule has 2 N–H and O–H groups in total. The van der Waals surface area contributed by atoms with E-state index in [-0.39, 0.29) is 0 Å². The number of pyridine rings is 1. The summed E-state index contributed by atoms with van der Waals surface area (Å²) in [4.78, 5) is 7.74. The summed E-state index contributed by atoms with van der Waals surface area (Å²) in [5.74, 6) is 3.43. The maximum Gasteiger partial charge on any atom is 0.139 e. The van der Waals surface area contributed by atoms with Crippen LogP contribution in [0.3, 0.4) is 0 Å². The van der Waals surface area contributed by atoms with Gasteiger partial charge in [-0.2, -0.15) is 11.8 Å². The van der Waals surface area contributed by atoms with Crippen molar-refractivity contribution in [2.45, 2.75) is 25.7 Å². The summed E-state index contributed by atoms with van der Waals surface area (Å²) >= 11 is 7.25. The summed E-state index contributed by atoms with van der Waals surface area (Å²) in [6.45, 7) is 2.11. The number of rotatable bonds is 2. The van der Waals surface area contributed by atoms with E-state index in [0.717, 1.165) is 43.1 Å². The number of hydrogen-bond donors (Lipinski definition) is 1. The van der Waals surface area contributed by atoms with Gasteiger partial charge >= 0.3 is 0 Å². The molecule has 2 aliphatic rings. The molecule has 1 aliphatic heterocycles. The van der Waals surface area contributed by atoms with E-state index >= 15 is 0 Å². The Labute approximate surface area is 124 Å². The van der Waals surface area contributed by atoms with Crippen LogP contribution in [0.1, 0.15) is 29.7 Å². The molecule has 0 bridgehead atoms. The maximum absolute atomic E-state index is 5.91. The van der Waals surface area contributed by atoms with Gasteiger partial charge in [-0.25, -0.2) is 4.98 Å². The minimum absolute atomic E-state index is 0.481. The van der Waals surface area contributed by atoms with Crippen LogP contribution in [0.4, 0.5) is 5.82 Å². The highest BCUT2D eigenvalue weighted by Gasteiger charge is 2.21. The van der Waals surface area contributed by atoms with Gasteiger partial charge in [-0.05, 0) is 43.1 Å². The number of thiocarbonyl (C=S) groups is 1. The molecule has 3 nitrogen and oxygen atoms in total. The highest BCUT2D eigenvalue weighted by atomic mass is 32.2. The van der Waals surface area contributed by atoms with Gasteiger partial charge in [0.05, 0.1) is 5.56 Å². The number of thioether (sulfide) groups is 1. The fourth-order valence-corrected chi connectivity index (χ4v) is 3.88. The predicted molar refractivity (Wildman–Crippen MR) is 86.3 cm³/mol. The van der Waals surface area contributed by atoms with Crippen LogP contribution in [-0.2, 0) is 12.8 Å². The molecule has 0 radical (unpaired) electrons. The molecular weight excluding hydrogens is 274 g/mol. The van der Waals surface area contributed by atoms with Crippen LogP contribution in [0.15, 0.2) is 6.07 Å². The molecule has 1 aromatic heterocycles. The molecule has 19 heavy (non-hydrogen) atoms. The number of aromatic nitrogens is 1. The van der Waals surface area contributed by atoms with Gasteiger partial charge in [0.15, 0.2) is 0 Å². The summed E-state index contributed by atoms with van der Waals surface area (Å²) in [6.07, 6.45) is 4.63. The Morgan fingerprint density at radius 3 is 3.00 bits per heavy atom. The van der Waals surface area contributed by atoms with Gasteiger partial charge in [0.25, 0.3) is 0 Å². The lowest BCUT2D eigenvalue weighted by atomic mass is 10.1. The van der Waals surface area contributed by atoms with E-state index in [1.165, 1.54) is 29.9 Å². The van der Waals surface area contributed by atoms with Crippen LogP contribution < -0.4 is 10.6 Å². The molecule has 0 amide bonds. The van der Waals surface area contributed by atoms with Crippen LogP contribution >= 0.6 is 24.0 Å². The molecule has 102 valence electrons. The molecule has 0 unspecified atom stereocenters. The van der Waals surface area contributed by atoms with Crippen LogP contribution in [0, 0.1) is 0 Å². The molecule has 0 atom stereocenters. The first-order valence-corrected chi connectivity index (χ1v) is 8.47.